The lowest BCUT2D eigenvalue weighted by molar-refractivity contribution is 0.172. The Hall–Kier alpha value is -3.59. The fraction of sp³-hybridized carbons (Fsp3) is 0.185. The Kier molecular flexibility index (Phi) is 7.55. The number of fused-ring (bicyclic) bond motifs is 1. The van der Waals surface area contributed by atoms with Gasteiger partial charge in [0.25, 0.3) is 0 Å². The first-order chi connectivity index (χ1) is 16.8. The van der Waals surface area contributed by atoms with E-state index >= 15 is 0 Å². The quantitative estimate of drug-likeness (QED) is 0.194. The number of anilines is 1. The molecule has 0 radical (unpaired) electrons. The molecule has 0 aliphatic carbocycles. The van der Waals surface area contributed by atoms with Gasteiger partial charge in [0.05, 0.1) is 18.0 Å². The van der Waals surface area contributed by atoms with Gasteiger partial charge in [0.15, 0.2) is 0 Å². The standard InChI is InChI=1S/C27H28N2O5S/c1-35(32,33)29-25-17-23(10-13-26(25)30)27(31)18-28-14-15-34-24-11-8-20(9-12-24)22-7-6-19-4-2-3-5-21(19)16-22/h2-13,16-17,27-31H,14-15,18H2,1H3/t27-/m0/s1. The van der Waals surface area contributed by atoms with Crippen LogP contribution in [0.3, 0.4) is 0 Å². The van der Waals surface area contributed by atoms with Crippen LogP contribution in [-0.4, -0.2) is 44.6 Å². The molecule has 0 saturated carbocycles. The maximum atomic E-state index is 11.4. The van der Waals surface area contributed by atoms with E-state index in [0.717, 1.165) is 23.1 Å². The Bertz CT molecular complexity index is 1410. The zero-order chi connectivity index (χ0) is 24.8. The Morgan fingerprint density at radius 3 is 2.34 bits per heavy atom. The highest BCUT2D eigenvalue weighted by atomic mass is 32.2. The maximum Gasteiger partial charge on any atom is 0.229 e. The first-order valence-electron chi connectivity index (χ1n) is 11.2. The van der Waals surface area contributed by atoms with E-state index in [1.54, 1.807) is 6.07 Å². The van der Waals surface area contributed by atoms with Crippen LogP contribution in [0, 0.1) is 0 Å². The van der Waals surface area contributed by atoms with E-state index in [9.17, 15) is 18.6 Å². The predicted molar refractivity (Wildman–Crippen MR) is 139 cm³/mol. The van der Waals surface area contributed by atoms with Gasteiger partial charge in [-0.1, -0.05) is 54.6 Å². The fourth-order valence-corrected chi connectivity index (χ4v) is 4.32. The second-order valence-corrected chi connectivity index (χ2v) is 10.1. The molecule has 4 N–H and O–H groups in total. The molecule has 182 valence electrons. The van der Waals surface area contributed by atoms with Crippen LogP contribution >= 0.6 is 0 Å². The minimum atomic E-state index is -3.54. The molecule has 0 saturated heterocycles. The highest BCUT2D eigenvalue weighted by Gasteiger charge is 2.13. The summed E-state index contributed by atoms with van der Waals surface area (Å²) in [5.74, 6) is 0.547. The van der Waals surface area contributed by atoms with E-state index in [1.165, 1.54) is 22.9 Å². The molecule has 0 aliphatic rings. The molecule has 0 bridgehead atoms. The van der Waals surface area contributed by atoms with Crippen molar-refractivity contribution in [2.75, 3.05) is 30.7 Å². The van der Waals surface area contributed by atoms with Gasteiger partial charge in [0.1, 0.15) is 18.1 Å². The van der Waals surface area contributed by atoms with Crippen molar-refractivity contribution in [1.29, 1.82) is 0 Å². The van der Waals surface area contributed by atoms with Crippen LogP contribution in [0.15, 0.2) is 84.9 Å². The van der Waals surface area contributed by atoms with Crippen LogP contribution in [0.5, 0.6) is 11.5 Å². The normalized spacial score (nSPS) is 12.4. The van der Waals surface area contributed by atoms with Gasteiger partial charge in [0.2, 0.25) is 10.0 Å². The van der Waals surface area contributed by atoms with Crippen molar-refractivity contribution in [1.82, 2.24) is 5.32 Å². The van der Waals surface area contributed by atoms with E-state index < -0.39 is 16.1 Å². The third-order valence-corrected chi connectivity index (χ3v) is 6.11. The first-order valence-corrected chi connectivity index (χ1v) is 13.1. The summed E-state index contributed by atoms with van der Waals surface area (Å²) in [7, 11) is -3.54. The number of nitrogens with one attached hydrogen (secondary N) is 2. The maximum absolute atomic E-state index is 11.4. The lowest BCUT2D eigenvalue weighted by Gasteiger charge is -2.15. The number of phenolic OH excluding ortho intramolecular Hbond substituents is 1. The number of benzene rings is 4. The minimum Gasteiger partial charge on any atom is -0.506 e. The average Bonchev–Trinajstić information content (AvgIpc) is 2.84. The highest BCUT2D eigenvalue weighted by Crippen LogP contribution is 2.28. The second-order valence-electron chi connectivity index (χ2n) is 8.31. The SMILES string of the molecule is CS(=O)(=O)Nc1cc([C@@H](O)CNCCOc2ccc(-c3ccc4ccccc4c3)cc2)ccc1O. The molecule has 0 aromatic heterocycles. The zero-order valence-electron chi connectivity index (χ0n) is 19.3. The summed E-state index contributed by atoms with van der Waals surface area (Å²) in [6, 6.07) is 26.9. The number of hydrogen-bond donors (Lipinski definition) is 4. The summed E-state index contributed by atoms with van der Waals surface area (Å²) in [5.41, 5.74) is 2.77. The van der Waals surface area contributed by atoms with E-state index in [-0.39, 0.29) is 18.0 Å². The number of sulfonamides is 1. The van der Waals surface area contributed by atoms with Gasteiger partial charge in [-0.3, -0.25) is 4.72 Å². The van der Waals surface area contributed by atoms with Crippen LogP contribution in [0.2, 0.25) is 0 Å². The van der Waals surface area contributed by atoms with Gasteiger partial charge < -0.3 is 20.3 Å². The number of rotatable bonds is 10. The Labute approximate surface area is 205 Å². The summed E-state index contributed by atoms with van der Waals surface area (Å²) in [5, 5.41) is 25.7. The molecule has 4 aromatic carbocycles. The predicted octanol–water partition coefficient (Wildman–Crippen LogP) is 4.29. The van der Waals surface area contributed by atoms with Gasteiger partial charge in [0, 0.05) is 13.1 Å². The van der Waals surface area contributed by atoms with Crippen molar-refractivity contribution in [3.05, 3.63) is 90.5 Å². The molecular formula is C27H28N2O5S. The summed E-state index contributed by atoms with van der Waals surface area (Å²) in [6.07, 6.45) is 0.116. The molecule has 4 aromatic rings. The number of aliphatic hydroxyl groups excluding tert-OH is 1. The molecule has 0 aliphatic heterocycles. The van der Waals surface area contributed by atoms with Crippen LogP contribution < -0.4 is 14.8 Å². The molecule has 7 nitrogen and oxygen atoms in total. The molecule has 35 heavy (non-hydrogen) atoms. The number of phenols is 1. The highest BCUT2D eigenvalue weighted by molar-refractivity contribution is 7.92. The molecular weight excluding hydrogens is 464 g/mol. The van der Waals surface area contributed by atoms with Crippen LogP contribution in [0.1, 0.15) is 11.7 Å². The van der Waals surface area contributed by atoms with E-state index in [2.05, 4.69) is 40.4 Å². The van der Waals surface area contributed by atoms with E-state index in [0.29, 0.717) is 18.7 Å². The van der Waals surface area contributed by atoms with Crippen molar-refractivity contribution in [2.45, 2.75) is 6.10 Å². The molecule has 0 heterocycles. The minimum absolute atomic E-state index is 0.0273. The summed E-state index contributed by atoms with van der Waals surface area (Å²) in [4.78, 5) is 0. The van der Waals surface area contributed by atoms with Crippen molar-refractivity contribution in [3.8, 4) is 22.6 Å². The summed E-state index contributed by atoms with van der Waals surface area (Å²) < 4.78 is 30.9. The molecule has 8 heteroatoms. The third-order valence-electron chi connectivity index (χ3n) is 5.52. The van der Waals surface area contributed by atoms with Gasteiger partial charge in [-0.25, -0.2) is 8.42 Å². The number of aromatic hydroxyl groups is 1. The summed E-state index contributed by atoms with van der Waals surface area (Å²) >= 11 is 0. The van der Waals surface area contributed by atoms with Crippen LogP contribution in [-0.2, 0) is 10.0 Å². The largest absolute Gasteiger partial charge is 0.506 e. The molecule has 0 fully saturated rings. The van der Waals surface area contributed by atoms with Gasteiger partial charge in [-0.2, -0.15) is 0 Å². The molecule has 0 amide bonds. The lowest BCUT2D eigenvalue weighted by Crippen LogP contribution is -2.26. The second kappa shape index (κ2) is 10.8. The zero-order valence-corrected chi connectivity index (χ0v) is 20.1. The van der Waals surface area contributed by atoms with Crippen molar-refractivity contribution in [3.63, 3.8) is 0 Å². The molecule has 1 atom stereocenters. The molecule has 0 spiro atoms. The Morgan fingerprint density at radius 2 is 1.60 bits per heavy atom. The monoisotopic (exact) mass is 492 g/mol. The summed E-state index contributed by atoms with van der Waals surface area (Å²) in [6.45, 7) is 1.17. The molecule has 0 unspecified atom stereocenters. The van der Waals surface area contributed by atoms with Crippen molar-refractivity contribution < 1.29 is 23.4 Å². The third kappa shape index (κ3) is 6.73. The van der Waals surface area contributed by atoms with E-state index in [1.807, 2.05) is 36.4 Å². The fourth-order valence-electron chi connectivity index (χ4n) is 3.75. The Morgan fingerprint density at radius 1 is 0.886 bits per heavy atom. The number of aliphatic hydroxyl groups is 1. The van der Waals surface area contributed by atoms with Crippen molar-refractivity contribution >= 4 is 26.5 Å². The number of ether oxygens (including phenoxy) is 1. The Balaban J connectivity index is 1.25. The number of hydrogen-bond acceptors (Lipinski definition) is 6. The first kappa shape index (κ1) is 24.5. The smallest absolute Gasteiger partial charge is 0.229 e. The van der Waals surface area contributed by atoms with Gasteiger partial charge in [-0.15, -0.1) is 0 Å². The van der Waals surface area contributed by atoms with Crippen molar-refractivity contribution in [2.24, 2.45) is 0 Å². The average molecular weight is 493 g/mol. The van der Waals surface area contributed by atoms with Gasteiger partial charge >= 0.3 is 0 Å². The van der Waals surface area contributed by atoms with Gasteiger partial charge in [-0.05, 0) is 57.8 Å². The molecule has 4 rings (SSSR count). The topological polar surface area (TPSA) is 108 Å². The van der Waals surface area contributed by atoms with E-state index in [4.69, 9.17) is 4.74 Å². The van der Waals surface area contributed by atoms with Crippen LogP contribution in [0.4, 0.5) is 5.69 Å². The lowest BCUT2D eigenvalue weighted by atomic mass is 10.0. The van der Waals surface area contributed by atoms with Crippen LogP contribution in [0.25, 0.3) is 21.9 Å².